The smallest absolute Gasteiger partial charge is 0.310 e. The minimum Gasteiger partial charge on any atom is -0.426 e. The Labute approximate surface area is 213 Å². The summed E-state index contributed by atoms with van der Waals surface area (Å²) >= 11 is 6.45. The lowest BCUT2D eigenvalue weighted by molar-refractivity contribution is -0.134. The Kier molecular flexibility index (Phi) is 7.53. The molecule has 0 amide bonds. The number of ether oxygens (including phenoxy) is 1. The summed E-state index contributed by atoms with van der Waals surface area (Å²) in [5.41, 5.74) is 4.52. The van der Waals surface area contributed by atoms with E-state index in [4.69, 9.17) is 16.3 Å². The fourth-order valence-corrected chi connectivity index (χ4v) is 6.64. The second-order valence-electron chi connectivity index (χ2n) is 10.4. The van der Waals surface area contributed by atoms with Crippen molar-refractivity contribution >= 4 is 17.6 Å². The molecule has 0 aromatic heterocycles. The molecule has 0 spiro atoms. The van der Waals surface area contributed by atoms with Gasteiger partial charge in [0.2, 0.25) is 0 Å². The summed E-state index contributed by atoms with van der Waals surface area (Å²) < 4.78 is 5.24. The van der Waals surface area contributed by atoms with E-state index in [1.54, 1.807) is 19.1 Å². The molecule has 2 aromatic carbocycles. The van der Waals surface area contributed by atoms with Gasteiger partial charge in [-0.05, 0) is 97.4 Å². The number of rotatable bonds is 8. The molecule has 0 heterocycles. The summed E-state index contributed by atoms with van der Waals surface area (Å²) in [5, 5.41) is 20.7. The summed E-state index contributed by atoms with van der Waals surface area (Å²) in [7, 11) is 0. The van der Waals surface area contributed by atoms with E-state index < -0.39 is 0 Å². The molecule has 0 N–H and O–H groups in total. The van der Waals surface area contributed by atoms with Crippen LogP contribution < -0.4 is 4.74 Å². The molecule has 35 heavy (non-hydrogen) atoms. The molecule has 5 rings (SSSR count). The third-order valence-electron chi connectivity index (χ3n) is 8.48. The lowest BCUT2D eigenvalue weighted by Gasteiger charge is -2.54. The molecule has 4 nitrogen and oxygen atoms in total. The normalized spacial score (nSPS) is 22.9. The average molecular weight is 489 g/mol. The maximum Gasteiger partial charge on any atom is 0.310 e. The Morgan fingerprint density at radius 2 is 1.57 bits per heavy atom. The van der Waals surface area contributed by atoms with Gasteiger partial charge < -0.3 is 4.74 Å². The van der Waals surface area contributed by atoms with Crippen molar-refractivity contribution in [2.24, 2.45) is 5.41 Å². The summed E-state index contributed by atoms with van der Waals surface area (Å²) in [6, 6.07) is 14.2. The number of fused-ring (bicyclic) bond motifs is 3. The molecule has 2 bridgehead atoms. The monoisotopic (exact) mass is 488 g/mol. The maximum atomic E-state index is 11.5. The Balaban J connectivity index is 1.55. The highest BCUT2D eigenvalue weighted by molar-refractivity contribution is 6.31. The van der Waals surface area contributed by atoms with E-state index in [2.05, 4.69) is 31.2 Å². The van der Waals surface area contributed by atoms with Gasteiger partial charge in [0.05, 0.1) is 11.1 Å². The Morgan fingerprint density at radius 1 is 0.943 bits per heavy atom. The van der Waals surface area contributed by atoms with Gasteiger partial charge in [0.15, 0.2) is 0 Å². The zero-order valence-corrected chi connectivity index (χ0v) is 21.5. The van der Waals surface area contributed by atoms with E-state index in [1.165, 1.54) is 32.1 Å². The van der Waals surface area contributed by atoms with Gasteiger partial charge in [-0.25, -0.2) is 0 Å². The SMILES string of the molecule is CCCC12CCC(c3ccc(CCc4ccc(OC(=O)CC)cc4Cl)c(C#N)c3C#N)(CC1)CC2. The fraction of sp³-hybridized carbons (Fsp3) is 0.500. The van der Waals surface area contributed by atoms with Crippen LogP contribution in [0.4, 0.5) is 0 Å². The van der Waals surface area contributed by atoms with Crippen molar-refractivity contribution < 1.29 is 9.53 Å². The van der Waals surface area contributed by atoms with Gasteiger partial charge >= 0.3 is 5.97 Å². The molecule has 3 aliphatic rings. The molecular formula is C30H33ClN2O2. The molecule has 0 atom stereocenters. The maximum absolute atomic E-state index is 11.5. The van der Waals surface area contributed by atoms with Crippen molar-refractivity contribution in [1.29, 1.82) is 10.5 Å². The summed E-state index contributed by atoms with van der Waals surface area (Å²) in [4.78, 5) is 11.5. The van der Waals surface area contributed by atoms with Crippen LogP contribution in [0.5, 0.6) is 5.75 Å². The van der Waals surface area contributed by atoms with Crippen molar-refractivity contribution in [3.8, 4) is 17.9 Å². The molecule has 0 unspecified atom stereocenters. The van der Waals surface area contributed by atoms with Gasteiger partial charge in [0, 0.05) is 11.4 Å². The predicted molar refractivity (Wildman–Crippen MR) is 137 cm³/mol. The Bertz CT molecular complexity index is 1180. The van der Waals surface area contributed by atoms with Crippen LogP contribution in [-0.2, 0) is 23.1 Å². The number of nitriles is 2. The van der Waals surface area contributed by atoms with Crippen LogP contribution in [0.3, 0.4) is 0 Å². The first-order valence-corrected chi connectivity index (χ1v) is 13.2. The minimum absolute atomic E-state index is 0.0414. The average Bonchev–Trinajstić information content (AvgIpc) is 2.88. The molecule has 0 radical (unpaired) electrons. The second kappa shape index (κ2) is 10.4. The van der Waals surface area contributed by atoms with Gasteiger partial charge in [0.25, 0.3) is 0 Å². The van der Waals surface area contributed by atoms with Crippen LogP contribution >= 0.6 is 11.6 Å². The first-order chi connectivity index (χ1) is 16.9. The number of hydrogen-bond donors (Lipinski definition) is 0. The highest BCUT2D eigenvalue weighted by Gasteiger charge is 2.49. The van der Waals surface area contributed by atoms with Crippen molar-refractivity contribution in [3.05, 3.63) is 63.2 Å². The molecule has 5 heteroatoms. The van der Waals surface area contributed by atoms with E-state index in [0.717, 1.165) is 36.0 Å². The fourth-order valence-electron chi connectivity index (χ4n) is 6.38. The number of halogens is 1. The lowest BCUT2D eigenvalue weighted by atomic mass is 9.50. The number of carbonyl (C=O) groups is 1. The van der Waals surface area contributed by atoms with Crippen LogP contribution in [0.15, 0.2) is 30.3 Å². The topological polar surface area (TPSA) is 73.9 Å². The highest BCUT2D eigenvalue weighted by Crippen LogP contribution is 2.60. The summed E-state index contributed by atoms with van der Waals surface area (Å²) in [6.07, 6.45) is 11.1. The van der Waals surface area contributed by atoms with Crippen LogP contribution in [0.25, 0.3) is 0 Å². The molecular weight excluding hydrogens is 456 g/mol. The molecule has 3 fully saturated rings. The van der Waals surface area contributed by atoms with E-state index >= 15 is 0 Å². The minimum atomic E-state index is -0.303. The largest absolute Gasteiger partial charge is 0.426 e. The van der Waals surface area contributed by atoms with Crippen LogP contribution in [0.2, 0.25) is 5.02 Å². The van der Waals surface area contributed by atoms with Crippen LogP contribution in [0.1, 0.15) is 99.5 Å². The third kappa shape index (κ3) is 4.96. The second-order valence-corrected chi connectivity index (χ2v) is 10.8. The molecule has 3 aliphatic carbocycles. The van der Waals surface area contributed by atoms with Gasteiger partial charge in [0.1, 0.15) is 17.9 Å². The summed E-state index contributed by atoms with van der Waals surface area (Å²) in [5.74, 6) is 0.129. The first-order valence-electron chi connectivity index (χ1n) is 12.8. The third-order valence-corrected chi connectivity index (χ3v) is 8.83. The van der Waals surface area contributed by atoms with Gasteiger partial charge in [-0.3, -0.25) is 4.79 Å². The van der Waals surface area contributed by atoms with Gasteiger partial charge in [-0.15, -0.1) is 0 Å². The standard InChI is InChI=1S/C30H33ClN2O2/c1-3-11-29-12-15-30(16-13-29,17-14-29)26-10-8-21(24(19-32)25(26)20-33)5-6-22-7-9-23(18-27(22)31)35-28(34)4-2/h7-10,18H,3-6,11-17H2,1-2H3. The van der Waals surface area contributed by atoms with Crippen molar-refractivity contribution in [1.82, 2.24) is 0 Å². The molecule has 0 saturated heterocycles. The molecule has 0 aliphatic heterocycles. The summed E-state index contributed by atoms with van der Waals surface area (Å²) in [6.45, 7) is 4.02. The number of aryl methyl sites for hydroxylation is 2. The number of esters is 1. The van der Waals surface area contributed by atoms with Crippen molar-refractivity contribution in [3.63, 3.8) is 0 Å². The first kappa shape index (κ1) is 25.3. The number of carbonyl (C=O) groups excluding carboxylic acids is 1. The number of nitrogens with zero attached hydrogens (tertiary/aromatic N) is 2. The zero-order chi connectivity index (χ0) is 25.1. The quantitative estimate of drug-likeness (QED) is 0.283. The van der Waals surface area contributed by atoms with Crippen molar-refractivity contribution in [2.75, 3.05) is 0 Å². The predicted octanol–water partition coefficient (Wildman–Crippen LogP) is 7.58. The Hall–Kier alpha value is -2.82. The highest BCUT2D eigenvalue weighted by atomic mass is 35.5. The van der Waals surface area contributed by atoms with Crippen molar-refractivity contribution in [2.45, 2.75) is 89.9 Å². The van der Waals surface area contributed by atoms with Crippen LogP contribution in [0, 0.1) is 28.1 Å². The zero-order valence-electron chi connectivity index (χ0n) is 20.8. The molecule has 182 valence electrons. The Morgan fingerprint density at radius 3 is 2.14 bits per heavy atom. The van der Waals surface area contributed by atoms with Gasteiger partial charge in [-0.2, -0.15) is 10.5 Å². The van der Waals surface area contributed by atoms with E-state index in [-0.39, 0.29) is 11.4 Å². The van der Waals surface area contributed by atoms with E-state index in [0.29, 0.717) is 46.6 Å². The van der Waals surface area contributed by atoms with E-state index in [9.17, 15) is 15.3 Å². The van der Waals surface area contributed by atoms with Crippen LogP contribution in [-0.4, -0.2) is 5.97 Å². The molecule has 3 saturated carbocycles. The number of benzene rings is 2. The van der Waals surface area contributed by atoms with E-state index in [1.807, 2.05) is 6.07 Å². The van der Waals surface area contributed by atoms with Gasteiger partial charge in [-0.1, -0.05) is 50.1 Å². The number of hydrogen-bond acceptors (Lipinski definition) is 4. The molecule has 2 aromatic rings. The lowest BCUT2D eigenvalue weighted by Crippen LogP contribution is -2.44.